The van der Waals surface area contributed by atoms with E-state index >= 15 is 0 Å². The van der Waals surface area contributed by atoms with Crippen LogP contribution >= 0.6 is 23.8 Å². The summed E-state index contributed by atoms with van der Waals surface area (Å²) in [6.07, 6.45) is 0. The average molecular weight is 420 g/mol. The van der Waals surface area contributed by atoms with Gasteiger partial charge in [0.1, 0.15) is 11.5 Å². The molecular formula is C19H18ClN3O4S. The molecule has 0 spiro atoms. The maximum Gasteiger partial charge on any atom is 0.262 e. The number of rotatable bonds is 5. The molecule has 1 aromatic heterocycles. The summed E-state index contributed by atoms with van der Waals surface area (Å²) in [7, 11) is 2.95. The van der Waals surface area contributed by atoms with Crippen LogP contribution in [0.1, 0.15) is 17.3 Å². The highest BCUT2D eigenvalue weighted by Gasteiger charge is 2.15. The van der Waals surface area contributed by atoms with Crippen molar-refractivity contribution >= 4 is 46.3 Å². The highest BCUT2D eigenvalue weighted by molar-refractivity contribution is 7.71. The number of amides is 1. The summed E-state index contributed by atoms with van der Waals surface area (Å²) in [5, 5.41) is 3.59. The van der Waals surface area contributed by atoms with Gasteiger partial charge in [0, 0.05) is 24.2 Å². The molecule has 146 valence electrons. The molecule has 1 amide bonds. The normalized spacial score (nSPS) is 10.7. The summed E-state index contributed by atoms with van der Waals surface area (Å²) in [5.74, 6) is 0.411. The molecule has 0 unspecified atom stereocenters. The molecule has 0 aliphatic rings. The molecule has 0 saturated heterocycles. The molecule has 0 radical (unpaired) electrons. The van der Waals surface area contributed by atoms with Crippen molar-refractivity contribution in [2.75, 3.05) is 19.5 Å². The second-order valence-electron chi connectivity index (χ2n) is 5.88. The van der Waals surface area contributed by atoms with Crippen molar-refractivity contribution in [2.45, 2.75) is 13.5 Å². The van der Waals surface area contributed by atoms with Crippen LogP contribution in [0.5, 0.6) is 11.5 Å². The highest BCUT2D eigenvalue weighted by Crippen LogP contribution is 2.36. The molecule has 7 nitrogen and oxygen atoms in total. The minimum Gasteiger partial charge on any atom is -0.495 e. The number of aromatic nitrogens is 2. The molecule has 0 atom stereocenters. The lowest BCUT2D eigenvalue weighted by Gasteiger charge is -2.13. The maximum atomic E-state index is 12.7. The number of aromatic amines is 1. The van der Waals surface area contributed by atoms with E-state index in [0.717, 1.165) is 0 Å². The van der Waals surface area contributed by atoms with E-state index < -0.39 is 0 Å². The Balaban J connectivity index is 2.01. The maximum absolute atomic E-state index is 12.7. The molecule has 0 bridgehead atoms. The first kappa shape index (κ1) is 19.9. The smallest absolute Gasteiger partial charge is 0.262 e. The van der Waals surface area contributed by atoms with Gasteiger partial charge in [-0.15, -0.1) is 0 Å². The van der Waals surface area contributed by atoms with Crippen LogP contribution in [0, 0.1) is 4.77 Å². The number of carbonyl (C=O) groups is 1. The van der Waals surface area contributed by atoms with Gasteiger partial charge in [0.05, 0.1) is 35.8 Å². The molecule has 9 heteroatoms. The van der Waals surface area contributed by atoms with Crippen LogP contribution in [0.3, 0.4) is 0 Å². The predicted octanol–water partition coefficient (Wildman–Crippen LogP) is 4.00. The number of hydrogen-bond donors (Lipinski definition) is 2. The number of anilines is 1. The summed E-state index contributed by atoms with van der Waals surface area (Å²) in [6.45, 7) is 2.30. The fraction of sp³-hybridized carbons (Fsp3) is 0.211. The lowest BCUT2D eigenvalue weighted by molar-refractivity contribution is 0.102. The number of carbonyl (C=O) groups excluding carboxylic acids is 1. The van der Waals surface area contributed by atoms with E-state index in [-0.39, 0.29) is 11.5 Å². The number of halogens is 1. The van der Waals surface area contributed by atoms with E-state index in [2.05, 4.69) is 10.3 Å². The van der Waals surface area contributed by atoms with E-state index in [0.29, 0.717) is 50.0 Å². The Bertz CT molecular complexity index is 1190. The molecule has 0 fully saturated rings. The van der Waals surface area contributed by atoms with Crippen molar-refractivity contribution in [2.24, 2.45) is 0 Å². The molecule has 0 aliphatic carbocycles. The van der Waals surface area contributed by atoms with Gasteiger partial charge in [0.2, 0.25) is 0 Å². The lowest BCUT2D eigenvalue weighted by atomic mass is 10.1. The van der Waals surface area contributed by atoms with Gasteiger partial charge in [-0.3, -0.25) is 14.2 Å². The van der Waals surface area contributed by atoms with Crippen molar-refractivity contribution in [1.82, 2.24) is 9.55 Å². The van der Waals surface area contributed by atoms with E-state index in [1.54, 1.807) is 30.3 Å². The Morgan fingerprint density at radius 2 is 1.93 bits per heavy atom. The van der Waals surface area contributed by atoms with E-state index in [1.165, 1.54) is 18.8 Å². The molecule has 2 aromatic carbocycles. The fourth-order valence-corrected chi connectivity index (χ4v) is 3.39. The lowest BCUT2D eigenvalue weighted by Crippen LogP contribution is -2.21. The summed E-state index contributed by atoms with van der Waals surface area (Å²) in [4.78, 5) is 28.2. The topological polar surface area (TPSA) is 85.3 Å². The first-order valence-electron chi connectivity index (χ1n) is 8.39. The molecule has 28 heavy (non-hydrogen) atoms. The number of ether oxygens (including phenoxy) is 2. The van der Waals surface area contributed by atoms with Gasteiger partial charge < -0.3 is 19.8 Å². The summed E-state index contributed by atoms with van der Waals surface area (Å²) in [5.41, 5.74) is 1.05. The third kappa shape index (κ3) is 3.61. The number of nitrogens with zero attached hydrogens (tertiary/aromatic N) is 1. The van der Waals surface area contributed by atoms with Crippen molar-refractivity contribution in [3.63, 3.8) is 0 Å². The van der Waals surface area contributed by atoms with Crippen LogP contribution in [0.2, 0.25) is 5.02 Å². The van der Waals surface area contributed by atoms with Crippen LogP contribution < -0.4 is 20.3 Å². The minimum absolute atomic E-state index is 0.197. The molecular weight excluding hydrogens is 402 g/mol. The Morgan fingerprint density at radius 1 is 1.21 bits per heavy atom. The number of nitrogens with one attached hydrogen (secondary N) is 2. The zero-order valence-corrected chi connectivity index (χ0v) is 17.0. The quantitative estimate of drug-likeness (QED) is 0.610. The SMILES string of the molecule is CCn1c(=S)[nH]c2cc(C(=O)Nc3cc(OC)c(Cl)cc3OC)ccc2c1=O. The molecule has 0 saturated carbocycles. The zero-order valence-electron chi connectivity index (χ0n) is 15.5. The third-order valence-corrected chi connectivity index (χ3v) is 4.90. The van der Waals surface area contributed by atoms with Gasteiger partial charge in [0.25, 0.3) is 11.5 Å². The van der Waals surface area contributed by atoms with Crippen LogP contribution in [-0.4, -0.2) is 29.7 Å². The average Bonchev–Trinajstić information content (AvgIpc) is 2.68. The van der Waals surface area contributed by atoms with Gasteiger partial charge in [-0.2, -0.15) is 0 Å². The third-order valence-electron chi connectivity index (χ3n) is 4.28. The van der Waals surface area contributed by atoms with Crippen molar-refractivity contribution in [3.05, 3.63) is 56.0 Å². The van der Waals surface area contributed by atoms with E-state index in [1.807, 2.05) is 6.92 Å². The monoisotopic (exact) mass is 419 g/mol. The minimum atomic E-state index is -0.386. The number of benzene rings is 2. The van der Waals surface area contributed by atoms with Crippen LogP contribution in [-0.2, 0) is 6.54 Å². The Kier molecular flexibility index (Phi) is 5.71. The van der Waals surface area contributed by atoms with Gasteiger partial charge in [0.15, 0.2) is 4.77 Å². The van der Waals surface area contributed by atoms with Crippen LogP contribution in [0.4, 0.5) is 5.69 Å². The van der Waals surface area contributed by atoms with Gasteiger partial charge in [-0.25, -0.2) is 0 Å². The van der Waals surface area contributed by atoms with Gasteiger partial charge in [-0.1, -0.05) is 11.6 Å². The first-order chi connectivity index (χ1) is 13.4. The Hall–Kier alpha value is -2.84. The highest BCUT2D eigenvalue weighted by atomic mass is 35.5. The standard InChI is InChI=1S/C19H18ClN3O4S/c1-4-23-18(25)11-6-5-10(7-13(11)22-19(23)28)17(24)21-14-9-15(26-2)12(20)8-16(14)27-3/h5-9H,4H2,1-3H3,(H,21,24)(H,22,28). The number of hydrogen-bond acceptors (Lipinski definition) is 5. The molecule has 2 N–H and O–H groups in total. The predicted molar refractivity (Wildman–Crippen MR) is 112 cm³/mol. The second-order valence-corrected chi connectivity index (χ2v) is 6.67. The number of H-pyrrole nitrogens is 1. The molecule has 1 heterocycles. The molecule has 3 rings (SSSR count). The van der Waals surface area contributed by atoms with Gasteiger partial charge >= 0.3 is 0 Å². The van der Waals surface area contributed by atoms with Crippen LogP contribution in [0.25, 0.3) is 10.9 Å². The van der Waals surface area contributed by atoms with Gasteiger partial charge in [-0.05, 0) is 37.3 Å². The number of methoxy groups -OCH3 is 2. The second kappa shape index (κ2) is 8.04. The number of fused-ring (bicyclic) bond motifs is 1. The van der Waals surface area contributed by atoms with Crippen molar-refractivity contribution in [1.29, 1.82) is 0 Å². The van der Waals surface area contributed by atoms with E-state index in [4.69, 9.17) is 33.3 Å². The zero-order chi connectivity index (χ0) is 20.4. The van der Waals surface area contributed by atoms with Crippen molar-refractivity contribution in [3.8, 4) is 11.5 Å². The largest absolute Gasteiger partial charge is 0.495 e. The summed E-state index contributed by atoms with van der Waals surface area (Å²) < 4.78 is 12.2. The molecule has 3 aromatic rings. The van der Waals surface area contributed by atoms with Crippen molar-refractivity contribution < 1.29 is 14.3 Å². The summed E-state index contributed by atoms with van der Waals surface area (Å²) in [6, 6.07) is 7.90. The van der Waals surface area contributed by atoms with E-state index in [9.17, 15) is 9.59 Å². The summed E-state index contributed by atoms with van der Waals surface area (Å²) >= 11 is 11.3. The Morgan fingerprint density at radius 3 is 2.57 bits per heavy atom. The first-order valence-corrected chi connectivity index (χ1v) is 9.18. The molecule has 0 aliphatic heterocycles. The Labute approximate surface area is 170 Å². The van der Waals surface area contributed by atoms with Crippen LogP contribution in [0.15, 0.2) is 35.1 Å². The fourth-order valence-electron chi connectivity index (χ4n) is 2.84.